The van der Waals surface area contributed by atoms with Gasteiger partial charge in [-0.25, -0.2) is 4.98 Å². The highest BCUT2D eigenvalue weighted by Crippen LogP contribution is 2.31. The fourth-order valence-corrected chi connectivity index (χ4v) is 2.95. The lowest BCUT2D eigenvalue weighted by atomic mass is 10.1. The molecule has 1 aromatic heterocycles. The van der Waals surface area contributed by atoms with E-state index in [0.29, 0.717) is 10.9 Å². The molecule has 4 nitrogen and oxygen atoms in total. The van der Waals surface area contributed by atoms with Crippen molar-refractivity contribution in [2.75, 3.05) is 37.0 Å². The zero-order chi connectivity index (χ0) is 15.4. The van der Waals surface area contributed by atoms with Crippen molar-refractivity contribution in [3.05, 3.63) is 47.6 Å². The van der Waals surface area contributed by atoms with Gasteiger partial charge >= 0.3 is 0 Å². The van der Waals surface area contributed by atoms with Crippen LogP contribution >= 0.6 is 11.6 Å². The van der Waals surface area contributed by atoms with Crippen molar-refractivity contribution in [1.29, 1.82) is 0 Å². The van der Waals surface area contributed by atoms with Crippen LogP contribution in [0, 0.1) is 5.92 Å². The van der Waals surface area contributed by atoms with Crippen LogP contribution in [-0.4, -0.2) is 31.7 Å². The van der Waals surface area contributed by atoms with E-state index in [2.05, 4.69) is 27.3 Å². The molecule has 0 amide bonds. The van der Waals surface area contributed by atoms with Crippen LogP contribution in [0.4, 0.5) is 11.5 Å². The first-order chi connectivity index (χ1) is 10.8. The minimum absolute atomic E-state index is 0.599. The maximum absolute atomic E-state index is 5.85. The van der Waals surface area contributed by atoms with Gasteiger partial charge in [0.1, 0.15) is 11.6 Å². The van der Waals surface area contributed by atoms with Crippen molar-refractivity contribution in [2.45, 2.75) is 6.42 Å². The highest BCUT2D eigenvalue weighted by atomic mass is 35.5. The van der Waals surface area contributed by atoms with Gasteiger partial charge in [-0.15, -0.1) is 0 Å². The Balaban J connectivity index is 1.57. The van der Waals surface area contributed by atoms with Crippen LogP contribution < -0.4 is 15.0 Å². The van der Waals surface area contributed by atoms with E-state index in [4.69, 9.17) is 16.3 Å². The molecule has 22 heavy (non-hydrogen) atoms. The number of rotatable bonds is 5. The van der Waals surface area contributed by atoms with Crippen molar-refractivity contribution < 1.29 is 4.74 Å². The van der Waals surface area contributed by atoms with Gasteiger partial charge in [0.15, 0.2) is 0 Å². The van der Waals surface area contributed by atoms with Gasteiger partial charge in [-0.2, -0.15) is 0 Å². The minimum Gasteiger partial charge on any atom is -0.495 e. The summed E-state index contributed by atoms with van der Waals surface area (Å²) in [6.45, 7) is 3.00. The molecule has 1 saturated heterocycles. The summed E-state index contributed by atoms with van der Waals surface area (Å²) in [4.78, 5) is 6.66. The average Bonchev–Trinajstić information content (AvgIpc) is 3.03. The summed E-state index contributed by atoms with van der Waals surface area (Å²) in [5.74, 6) is 2.41. The number of para-hydroxylation sites is 2. The van der Waals surface area contributed by atoms with Crippen LogP contribution in [0.15, 0.2) is 42.6 Å². The molecule has 0 radical (unpaired) electrons. The molecule has 0 bridgehead atoms. The monoisotopic (exact) mass is 317 g/mol. The topological polar surface area (TPSA) is 37.4 Å². The molecule has 0 spiro atoms. The van der Waals surface area contributed by atoms with Gasteiger partial charge in [-0.3, -0.25) is 0 Å². The largest absolute Gasteiger partial charge is 0.495 e. The van der Waals surface area contributed by atoms with E-state index in [-0.39, 0.29) is 0 Å². The Hall–Kier alpha value is -1.94. The van der Waals surface area contributed by atoms with Crippen LogP contribution in [0.25, 0.3) is 0 Å². The minimum atomic E-state index is 0.599. The first-order valence-electron chi connectivity index (χ1n) is 7.49. The van der Waals surface area contributed by atoms with Crippen LogP contribution in [0.3, 0.4) is 0 Å². The van der Waals surface area contributed by atoms with Gasteiger partial charge in [0, 0.05) is 25.8 Å². The van der Waals surface area contributed by atoms with Gasteiger partial charge in [-0.05, 0) is 36.6 Å². The number of anilines is 2. The first-order valence-corrected chi connectivity index (χ1v) is 7.87. The second-order valence-electron chi connectivity index (χ2n) is 5.52. The number of pyridine rings is 1. The number of ether oxygens (including phenoxy) is 1. The Bertz CT molecular complexity index is 618. The SMILES string of the molecule is COc1ccccc1N1CCC(CNc2ccc(Cl)cn2)C1. The predicted molar refractivity (Wildman–Crippen MR) is 91.1 cm³/mol. The fraction of sp³-hybridized carbons (Fsp3) is 0.353. The van der Waals surface area contributed by atoms with Crippen LogP contribution in [0.2, 0.25) is 5.02 Å². The maximum Gasteiger partial charge on any atom is 0.142 e. The summed E-state index contributed by atoms with van der Waals surface area (Å²) in [6, 6.07) is 12.0. The normalized spacial score (nSPS) is 17.5. The third kappa shape index (κ3) is 3.45. The number of aromatic nitrogens is 1. The molecule has 1 unspecified atom stereocenters. The fourth-order valence-electron chi connectivity index (χ4n) is 2.84. The molecule has 1 fully saturated rings. The number of halogens is 1. The molecule has 1 N–H and O–H groups in total. The number of hydrogen-bond donors (Lipinski definition) is 1. The number of nitrogens with zero attached hydrogens (tertiary/aromatic N) is 2. The first kappa shape index (κ1) is 15.0. The molecule has 2 heterocycles. The number of benzene rings is 1. The quantitative estimate of drug-likeness (QED) is 0.912. The van der Waals surface area contributed by atoms with Crippen molar-refractivity contribution in [3.8, 4) is 5.75 Å². The van der Waals surface area contributed by atoms with E-state index in [1.54, 1.807) is 13.3 Å². The molecule has 0 saturated carbocycles. The van der Waals surface area contributed by atoms with Crippen molar-refractivity contribution in [2.24, 2.45) is 5.92 Å². The van der Waals surface area contributed by atoms with E-state index < -0.39 is 0 Å². The van der Waals surface area contributed by atoms with Crippen molar-refractivity contribution >= 4 is 23.1 Å². The average molecular weight is 318 g/mol. The van der Waals surface area contributed by atoms with Gasteiger partial charge in [-0.1, -0.05) is 23.7 Å². The second kappa shape index (κ2) is 6.88. The summed E-state index contributed by atoms with van der Waals surface area (Å²) >= 11 is 5.85. The Kier molecular flexibility index (Phi) is 4.68. The van der Waals surface area contributed by atoms with E-state index in [1.165, 1.54) is 12.1 Å². The van der Waals surface area contributed by atoms with Gasteiger partial charge in [0.2, 0.25) is 0 Å². The molecule has 2 aromatic rings. The van der Waals surface area contributed by atoms with Crippen molar-refractivity contribution in [1.82, 2.24) is 4.98 Å². The summed E-state index contributed by atoms with van der Waals surface area (Å²) in [6.07, 6.45) is 2.83. The molecule has 3 rings (SSSR count). The smallest absolute Gasteiger partial charge is 0.142 e. The molecule has 116 valence electrons. The van der Waals surface area contributed by atoms with Crippen LogP contribution in [0.5, 0.6) is 5.75 Å². The highest BCUT2D eigenvalue weighted by Gasteiger charge is 2.24. The molecular weight excluding hydrogens is 298 g/mol. The lowest BCUT2D eigenvalue weighted by molar-refractivity contribution is 0.414. The van der Waals surface area contributed by atoms with Crippen LogP contribution in [0.1, 0.15) is 6.42 Å². The van der Waals surface area contributed by atoms with Crippen molar-refractivity contribution in [3.63, 3.8) is 0 Å². The summed E-state index contributed by atoms with van der Waals surface area (Å²) in [5.41, 5.74) is 1.18. The number of nitrogens with one attached hydrogen (secondary N) is 1. The van der Waals surface area contributed by atoms with Gasteiger partial charge in [0.25, 0.3) is 0 Å². The summed E-state index contributed by atoms with van der Waals surface area (Å²) in [7, 11) is 1.72. The Labute approximate surface area is 136 Å². The van der Waals surface area contributed by atoms with Gasteiger partial charge < -0.3 is 15.0 Å². The van der Waals surface area contributed by atoms with Crippen LogP contribution in [-0.2, 0) is 0 Å². The third-order valence-electron chi connectivity index (χ3n) is 4.01. The predicted octanol–water partition coefficient (Wildman–Crippen LogP) is 3.68. The Morgan fingerprint density at radius 1 is 1.32 bits per heavy atom. The summed E-state index contributed by atoms with van der Waals surface area (Å²) in [5, 5.41) is 4.05. The van der Waals surface area contributed by atoms with Gasteiger partial charge in [0.05, 0.1) is 17.8 Å². The molecule has 1 atom stereocenters. The second-order valence-corrected chi connectivity index (χ2v) is 5.95. The van der Waals surface area contributed by atoms with E-state index in [0.717, 1.165) is 31.2 Å². The molecular formula is C17H20ClN3O. The Morgan fingerprint density at radius 2 is 2.18 bits per heavy atom. The highest BCUT2D eigenvalue weighted by molar-refractivity contribution is 6.30. The Morgan fingerprint density at radius 3 is 2.95 bits per heavy atom. The number of methoxy groups -OCH3 is 1. The molecule has 0 aliphatic carbocycles. The lowest BCUT2D eigenvalue weighted by Gasteiger charge is -2.21. The molecule has 1 aliphatic heterocycles. The molecule has 1 aliphatic rings. The maximum atomic E-state index is 5.85. The molecule has 1 aromatic carbocycles. The molecule has 5 heteroatoms. The summed E-state index contributed by atoms with van der Waals surface area (Å²) < 4.78 is 5.45. The van der Waals surface area contributed by atoms with E-state index in [9.17, 15) is 0 Å². The van der Waals surface area contributed by atoms with E-state index in [1.807, 2.05) is 24.3 Å². The third-order valence-corrected chi connectivity index (χ3v) is 4.23. The zero-order valence-corrected chi connectivity index (χ0v) is 13.4. The number of hydrogen-bond acceptors (Lipinski definition) is 4. The van der Waals surface area contributed by atoms with E-state index >= 15 is 0 Å². The standard InChI is InChI=1S/C17H20ClN3O/c1-22-16-5-3-2-4-15(16)21-9-8-13(12-21)10-19-17-7-6-14(18)11-20-17/h2-7,11,13H,8-10,12H2,1H3,(H,19,20). The zero-order valence-electron chi connectivity index (χ0n) is 12.6. The lowest BCUT2D eigenvalue weighted by Crippen LogP contribution is -2.23.